The van der Waals surface area contributed by atoms with Crippen LogP contribution in [-0.4, -0.2) is 5.97 Å². The van der Waals surface area contributed by atoms with Crippen molar-refractivity contribution in [3.05, 3.63) is 51.4 Å². The smallest absolute Gasteiger partial charge is 0.379 e. The minimum Gasteiger partial charge on any atom is -0.457 e. The van der Waals surface area contributed by atoms with Gasteiger partial charge in [-0.2, -0.15) is 0 Å². The Labute approximate surface area is 112 Å². The summed E-state index contributed by atoms with van der Waals surface area (Å²) in [7, 11) is 0. The van der Waals surface area contributed by atoms with Crippen LogP contribution in [-0.2, 0) is 0 Å². The Bertz CT molecular complexity index is 549. The molecule has 0 saturated carbocycles. The third-order valence-electron chi connectivity index (χ3n) is 1.90. The summed E-state index contributed by atoms with van der Waals surface area (Å²) in [5.41, 5.74) is 0. The van der Waals surface area contributed by atoms with E-state index in [9.17, 15) is 4.79 Å². The van der Waals surface area contributed by atoms with E-state index in [1.54, 1.807) is 6.07 Å². The van der Waals surface area contributed by atoms with Gasteiger partial charge >= 0.3 is 5.97 Å². The Morgan fingerprint density at radius 3 is 2.47 bits per heavy atom. The van der Waals surface area contributed by atoms with E-state index in [2.05, 4.69) is 0 Å². The first-order chi connectivity index (χ1) is 8.08. The van der Waals surface area contributed by atoms with Crippen molar-refractivity contribution in [1.29, 1.82) is 0 Å². The highest BCUT2D eigenvalue weighted by atomic mass is 35.5. The van der Waals surface area contributed by atoms with E-state index in [0.29, 0.717) is 0 Å². The molecule has 0 fully saturated rings. The number of ether oxygens (including phenoxy) is 1. The molecule has 6 heteroatoms. The monoisotopic (exact) mass is 290 g/mol. The van der Waals surface area contributed by atoms with Gasteiger partial charge < -0.3 is 9.15 Å². The first-order valence-corrected chi connectivity index (χ1v) is 5.61. The van der Waals surface area contributed by atoms with Crippen LogP contribution < -0.4 is 4.74 Å². The average molecular weight is 292 g/mol. The third-order valence-corrected chi connectivity index (χ3v) is 2.92. The van der Waals surface area contributed by atoms with E-state index in [4.69, 9.17) is 44.0 Å². The maximum atomic E-state index is 11.6. The molecule has 0 unspecified atom stereocenters. The van der Waals surface area contributed by atoms with Gasteiger partial charge in [-0.15, -0.1) is 0 Å². The van der Waals surface area contributed by atoms with Crippen molar-refractivity contribution in [1.82, 2.24) is 0 Å². The first-order valence-electron chi connectivity index (χ1n) is 4.48. The quantitative estimate of drug-likeness (QED) is 0.466. The molecule has 0 amide bonds. The van der Waals surface area contributed by atoms with Crippen molar-refractivity contribution >= 4 is 40.8 Å². The van der Waals surface area contributed by atoms with Gasteiger partial charge in [0.25, 0.3) is 0 Å². The topological polar surface area (TPSA) is 39.4 Å². The van der Waals surface area contributed by atoms with Crippen LogP contribution in [0.15, 0.2) is 34.9 Å². The lowest BCUT2D eigenvalue weighted by molar-refractivity contribution is 0.0701. The summed E-state index contributed by atoms with van der Waals surface area (Å²) in [6.45, 7) is 0. The van der Waals surface area contributed by atoms with Crippen LogP contribution in [0.2, 0.25) is 15.1 Å². The first kappa shape index (κ1) is 12.3. The fourth-order valence-corrected chi connectivity index (χ4v) is 1.70. The number of hydrogen-bond donors (Lipinski definition) is 0. The van der Waals surface area contributed by atoms with Gasteiger partial charge in [-0.1, -0.05) is 34.8 Å². The molecule has 0 aliphatic rings. The average Bonchev–Trinajstić information content (AvgIpc) is 2.79. The molecule has 2 rings (SSSR count). The third kappa shape index (κ3) is 2.75. The highest BCUT2D eigenvalue weighted by molar-refractivity contribution is 6.43. The maximum absolute atomic E-state index is 11.6. The lowest BCUT2D eigenvalue weighted by Crippen LogP contribution is -2.07. The standard InChI is InChI=1S/C11H5Cl3O3/c12-6-4-8(14)10(5-7(6)13)17-11(15)9-2-1-3-16-9/h1-5H. The molecule has 0 spiro atoms. The van der Waals surface area contributed by atoms with Crippen molar-refractivity contribution in [2.75, 3.05) is 0 Å². The van der Waals surface area contributed by atoms with Gasteiger partial charge in [-0.05, 0) is 18.2 Å². The van der Waals surface area contributed by atoms with E-state index < -0.39 is 5.97 Å². The normalized spacial score (nSPS) is 10.3. The van der Waals surface area contributed by atoms with Crippen LogP contribution in [0.3, 0.4) is 0 Å². The molecular formula is C11H5Cl3O3. The van der Waals surface area contributed by atoms with Crippen LogP contribution in [0.4, 0.5) is 0 Å². The lowest BCUT2D eigenvalue weighted by Gasteiger charge is -2.06. The second-order valence-corrected chi connectivity index (χ2v) is 4.29. The molecular weight excluding hydrogens is 286 g/mol. The van der Waals surface area contributed by atoms with E-state index in [1.165, 1.54) is 24.5 Å². The van der Waals surface area contributed by atoms with Crippen molar-refractivity contribution in [3.8, 4) is 5.75 Å². The number of furan rings is 1. The van der Waals surface area contributed by atoms with E-state index in [1.807, 2.05) is 0 Å². The number of rotatable bonds is 2. The fourth-order valence-electron chi connectivity index (χ4n) is 1.13. The van der Waals surface area contributed by atoms with Crippen molar-refractivity contribution in [3.63, 3.8) is 0 Å². The van der Waals surface area contributed by atoms with Crippen LogP contribution in [0, 0.1) is 0 Å². The Balaban J connectivity index is 2.25. The molecule has 1 aromatic heterocycles. The predicted octanol–water partition coefficient (Wildman–Crippen LogP) is 4.46. The molecule has 0 aliphatic carbocycles. The number of hydrogen-bond acceptors (Lipinski definition) is 3. The SMILES string of the molecule is O=C(Oc1cc(Cl)c(Cl)cc1Cl)c1ccco1. The van der Waals surface area contributed by atoms with Gasteiger partial charge in [0.15, 0.2) is 5.75 Å². The van der Waals surface area contributed by atoms with E-state index in [-0.39, 0.29) is 26.6 Å². The molecule has 3 nitrogen and oxygen atoms in total. The fraction of sp³-hybridized carbons (Fsp3) is 0. The molecule has 0 N–H and O–H groups in total. The zero-order valence-corrected chi connectivity index (χ0v) is 10.5. The van der Waals surface area contributed by atoms with E-state index in [0.717, 1.165) is 0 Å². The number of carbonyl (C=O) groups excluding carboxylic acids is 1. The molecule has 1 aromatic carbocycles. The zero-order valence-electron chi connectivity index (χ0n) is 8.25. The second kappa shape index (κ2) is 5.00. The predicted molar refractivity (Wildman–Crippen MR) is 65.1 cm³/mol. The Morgan fingerprint density at radius 1 is 1.12 bits per heavy atom. The highest BCUT2D eigenvalue weighted by Crippen LogP contribution is 2.34. The van der Waals surface area contributed by atoms with Gasteiger partial charge in [0.05, 0.1) is 21.3 Å². The summed E-state index contributed by atoms with van der Waals surface area (Å²) in [6, 6.07) is 5.82. The Hall–Kier alpha value is -1.16. The molecule has 0 aliphatic heterocycles. The van der Waals surface area contributed by atoms with Crippen LogP contribution in [0.5, 0.6) is 5.75 Å². The molecule has 0 saturated heterocycles. The molecule has 2 aromatic rings. The summed E-state index contributed by atoms with van der Waals surface area (Å²) >= 11 is 17.4. The number of carbonyl (C=O) groups is 1. The molecule has 17 heavy (non-hydrogen) atoms. The summed E-state index contributed by atoms with van der Waals surface area (Å²) < 4.78 is 9.90. The summed E-state index contributed by atoms with van der Waals surface area (Å²) in [4.78, 5) is 11.6. The van der Waals surface area contributed by atoms with Crippen LogP contribution in [0.25, 0.3) is 0 Å². The van der Waals surface area contributed by atoms with Gasteiger partial charge in [0.2, 0.25) is 5.76 Å². The van der Waals surface area contributed by atoms with Crippen LogP contribution in [0.1, 0.15) is 10.6 Å². The minimum absolute atomic E-state index is 0.0761. The maximum Gasteiger partial charge on any atom is 0.379 e. The van der Waals surface area contributed by atoms with Gasteiger partial charge in [0.1, 0.15) is 0 Å². The summed E-state index contributed by atoms with van der Waals surface area (Å²) in [6.07, 6.45) is 1.37. The zero-order chi connectivity index (χ0) is 12.4. The van der Waals surface area contributed by atoms with Gasteiger partial charge in [-0.25, -0.2) is 4.79 Å². The second-order valence-electron chi connectivity index (χ2n) is 3.06. The minimum atomic E-state index is -0.657. The van der Waals surface area contributed by atoms with Crippen molar-refractivity contribution in [2.24, 2.45) is 0 Å². The molecule has 1 heterocycles. The Kier molecular flexibility index (Phi) is 3.62. The Morgan fingerprint density at radius 2 is 1.82 bits per heavy atom. The molecule has 0 radical (unpaired) electrons. The highest BCUT2D eigenvalue weighted by Gasteiger charge is 2.15. The molecule has 88 valence electrons. The van der Waals surface area contributed by atoms with Crippen molar-refractivity contribution < 1.29 is 13.9 Å². The number of benzene rings is 1. The number of esters is 1. The van der Waals surface area contributed by atoms with E-state index >= 15 is 0 Å². The summed E-state index contributed by atoms with van der Waals surface area (Å²) in [5.74, 6) is -0.454. The van der Waals surface area contributed by atoms with Crippen molar-refractivity contribution in [2.45, 2.75) is 0 Å². The summed E-state index contributed by atoms with van der Waals surface area (Å²) in [5, 5.41) is 0.729. The molecule has 0 bridgehead atoms. The van der Waals surface area contributed by atoms with Gasteiger partial charge in [-0.3, -0.25) is 0 Å². The van der Waals surface area contributed by atoms with Gasteiger partial charge in [0, 0.05) is 6.07 Å². The number of halogens is 3. The largest absolute Gasteiger partial charge is 0.457 e. The molecule has 0 atom stereocenters. The van der Waals surface area contributed by atoms with Crippen LogP contribution >= 0.6 is 34.8 Å². The lowest BCUT2D eigenvalue weighted by atomic mass is 10.3.